The number of carbonyl (C=O) groups is 1. The van der Waals surface area contributed by atoms with Crippen LogP contribution in [0.2, 0.25) is 0 Å². The maximum absolute atomic E-state index is 12.6. The normalized spacial score (nSPS) is 10.7. The molecule has 23 heavy (non-hydrogen) atoms. The van der Waals surface area contributed by atoms with E-state index in [1.807, 2.05) is 18.2 Å². The van der Waals surface area contributed by atoms with E-state index in [-0.39, 0.29) is 11.5 Å². The van der Waals surface area contributed by atoms with Crippen LogP contribution in [-0.2, 0) is 16.1 Å². The SMILES string of the molecule is C=CCn1c(SCCCC(=O)OCC)nc2ccccc2c1=O. The molecule has 1 aromatic carbocycles. The van der Waals surface area contributed by atoms with Gasteiger partial charge in [0.05, 0.1) is 17.5 Å². The summed E-state index contributed by atoms with van der Waals surface area (Å²) in [5.41, 5.74) is 0.620. The lowest BCUT2D eigenvalue weighted by Gasteiger charge is -2.11. The summed E-state index contributed by atoms with van der Waals surface area (Å²) in [6.45, 7) is 6.31. The molecule has 6 heteroatoms. The van der Waals surface area contributed by atoms with E-state index in [9.17, 15) is 9.59 Å². The third-order valence-electron chi connectivity index (χ3n) is 3.20. The topological polar surface area (TPSA) is 61.2 Å². The van der Waals surface area contributed by atoms with Crippen LogP contribution in [0.5, 0.6) is 0 Å². The first-order valence-corrected chi connectivity index (χ1v) is 8.54. The van der Waals surface area contributed by atoms with Crippen LogP contribution < -0.4 is 5.56 Å². The number of hydrogen-bond acceptors (Lipinski definition) is 5. The highest BCUT2D eigenvalue weighted by atomic mass is 32.2. The second-order valence-corrected chi connectivity index (χ2v) is 5.94. The molecule has 1 heterocycles. The molecule has 0 aliphatic carbocycles. The van der Waals surface area contributed by atoms with Gasteiger partial charge >= 0.3 is 5.97 Å². The van der Waals surface area contributed by atoms with Crippen LogP contribution >= 0.6 is 11.8 Å². The van der Waals surface area contributed by atoms with Gasteiger partial charge in [0.1, 0.15) is 0 Å². The van der Waals surface area contributed by atoms with E-state index in [2.05, 4.69) is 11.6 Å². The van der Waals surface area contributed by atoms with Crippen molar-refractivity contribution < 1.29 is 9.53 Å². The molecule has 1 aromatic heterocycles. The molecule has 0 radical (unpaired) electrons. The molecule has 0 fully saturated rings. The first-order valence-electron chi connectivity index (χ1n) is 7.56. The summed E-state index contributed by atoms with van der Waals surface area (Å²) in [6, 6.07) is 7.30. The number of para-hydroxylation sites is 1. The fourth-order valence-electron chi connectivity index (χ4n) is 2.16. The fourth-order valence-corrected chi connectivity index (χ4v) is 3.11. The summed E-state index contributed by atoms with van der Waals surface area (Å²) in [5.74, 6) is 0.504. The van der Waals surface area contributed by atoms with Crippen molar-refractivity contribution in [2.45, 2.75) is 31.5 Å². The molecule has 0 spiro atoms. The van der Waals surface area contributed by atoms with Gasteiger partial charge in [-0.05, 0) is 25.5 Å². The molecule has 0 saturated carbocycles. The Hall–Kier alpha value is -2.08. The minimum atomic E-state index is -0.192. The lowest BCUT2D eigenvalue weighted by atomic mass is 10.2. The first-order chi connectivity index (χ1) is 11.2. The molecule has 122 valence electrons. The van der Waals surface area contributed by atoms with E-state index in [1.54, 1.807) is 23.6 Å². The summed E-state index contributed by atoms with van der Waals surface area (Å²) >= 11 is 1.47. The van der Waals surface area contributed by atoms with Crippen LogP contribution in [-0.4, -0.2) is 27.9 Å². The van der Waals surface area contributed by atoms with Crippen molar-refractivity contribution >= 4 is 28.6 Å². The van der Waals surface area contributed by atoms with Crippen LogP contribution in [0.25, 0.3) is 10.9 Å². The molecule has 2 rings (SSSR count). The molecule has 0 atom stereocenters. The van der Waals surface area contributed by atoms with Gasteiger partial charge in [0.2, 0.25) is 0 Å². The van der Waals surface area contributed by atoms with E-state index in [4.69, 9.17) is 4.74 Å². The van der Waals surface area contributed by atoms with Crippen molar-refractivity contribution in [1.82, 2.24) is 9.55 Å². The summed E-state index contributed by atoms with van der Waals surface area (Å²) in [6.07, 6.45) is 2.74. The lowest BCUT2D eigenvalue weighted by molar-refractivity contribution is -0.143. The van der Waals surface area contributed by atoms with Crippen LogP contribution in [0.4, 0.5) is 0 Å². The molecule has 0 unspecified atom stereocenters. The van der Waals surface area contributed by atoms with Crippen LogP contribution in [0, 0.1) is 0 Å². The number of allylic oxidation sites excluding steroid dienone is 1. The quantitative estimate of drug-likeness (QED) is 0.244. The molecular formula is C17H20N2O3S. The Balaban J connectivity index is 2.15. The Morgan fingerprint density at radius 1 is 1.43 bits per heavy atom. The number of fused-ring (bicyclic) bond motifs is 1. The van der Waals surface area contributed by atoms with E-state index in [1.165, 1.54) is 11.8 Å². The Labute approximate surface area is 139 Å². The molecule has 0 amide bonds. The van der Waals surface area contributed by atoms with E-state index < -0.39 is 0 Å². The smallest absolute Gasteiger partial charge is 0.305 e. The Morgan fingerprint density at radius 2 is 2.22 bits per heavy atom. The number of thioether (sulfide) groups is 1. The Morgan fingerprint density at radius 3 is 2.96 bits per heavy atom. The van der Waals surface area contributed by atoms with Crippen molar-refractivity contribution in [2.24, 2.45) is 0 Å². The van der Waals surface area contributed by atoms with Gasteiger partial charge < -0.3 is 4.74 Å². The van der Waals surface area contributed by atoms with Gasteiger partial charge in [-0.25, -0.2) is 4.98 Å². The first kappa shape index (κ1) is 17.3. The predicted octanol–water partition coefficient (Wildman–Crippen LogP) is 3.02. The van der Waals surface area contributed by atoms with Gasteiger partial charge in [-0.15, -0.1) is 6.58 Å². The van der Waals surface area contributed by atoms with Gasteiger partial charge in [0.15, 0.2) is 5.16 Å². The summed E-state index contributed by atoms with van der Waals surface area (Å²) < 4.78 is 6.52. The van der Waals surface area contributed by atoms with Gasteiger partial charge in [-0.3, -0.25) is 14.2 Å². The highest BCUT2D eigenvalue weighted by molar-refractivity contribution is 7.99. The van der Waals surface area contributed by atoms with Gasteiger partial charge in [-0.1, -0.05) is 30.0 Å². The van der Waals surface area contributed by atoms with Gasteiger partial charge in [-0.2, -0.15) is 0 Å². The van der Waals surface area contributed by atoms with Crippen LogP contribution in [0.3, 0.4) is 0 Å². The van der Waals surface area contributed by atoms with Gasteiger partial charge in [0, 0.05) is 18.7 Å². The van der Waals surface area contributed by atoms with Crippen molar-refractivity contribution in [1.29, 1.82) is 0 Å². The second kappa shape index (κ2) is 8.53. The number of benzene rings is 1. The Bertz CT molecular complexity index is 755. The maximum Gasteiger partial charge on any atom is 0.305 e. The zero-order valence-corrected chi connectivity index (χ0v) is 14.0. The number of aromatic nitrogens is 2. The third-order valence-corrected chi connectivity index (χ3v) is 4.26. The van der Waals surface area contributed by atoms with Crippen LogP contribution in [0.1, 0.15) is 19.8 Å². The minimum absolute atomic E-state index is 0.0663. The zero-order valence-electron chi connectivity index (χ0n) is 13.2. The monoisotopic (exact) mass is 332 g/mol. The molecule has 0 aliphatic heterocycles. The average Bonchev–Trinajstić information content (AvgIpc) is 2.55. The van der Waals surface area contributed by atoms with Crippen molar-refractivity contribution in [2.75, 3.05) is 12.4 Å². The average molecular weight is 332 g/mol. The lowest BCUT2D eigenvalue weighted by Crippen LogP contribution is -2.22. The van der Waals surface area contributed by atoms with Crippen molar-refractivity contribution in [3.8, 4) is 0 Å². The highest BCUT2D eigenvalue weighted by Crippen LogP contribution is 2.19. The molecule has 0 bridgehead atoms. The minimum Gasteiger partial charge on any atom is -0.466 e. The predicted molar refractivity (Wildman–Crippen MR) is 92.8 cm³/mol. The second-order valence-electron chi connectivity index (χ2n) is 4.87. The highest BCUT2D eigenvalue weighted by Gasteiger charge is 2.10. The number of esters is 1. The largest absolute Gasteiger partial charge is 0.466 e. The summed E-state index contributed by atoms with van der Waals surface area (Å²) in [5, 5.41) is 1.25. The zero-order chi connectivity index (χ0) is 16.7. The van der Waals surface area contributed by atoms with Crippen molar-refractivity contribution in [3.63, 3.8) is 0 Å². The van der Waals surface area contributed by atoms with Gasteiger partial charge in [0.25, 0.3) is 5.56 Å². The number of ether oxygens (including phenoxy) is 1. The fraction of sp³-hybridized carbons (Fsp3) is 0.353. The molecular weight excluding hydrogens is 312 g/mol. The number of carbonyl (C=O) groups excluding carboxylic acids is 1. The Kier molecular flexibility index (Phi) is 6.40. The van der Waals surface area contributed by atoms with E-state index >= 15 is 0 Å². The van der Waals surface area contributed by atoms with E-state index in [0.717, 1.165) is 0 Å². The number of rotatable bonds is 8. The summed E-state index contributed by atoms with van der Waals surface area (Å²) in [4.78, 5) is 28.5. The van der Waals surface area contributed by atoms with Crippen LogP contribution in [0.15, 0.2) is 46.9 Å². The molecule has 0 aliphatic rings. The number of hydrogen-bond donors (Lipinski definition) is 0. The molecule has 2 aromatic rings. The third kappa shape index (κ3) is 4.45. The summed E-state index contributed by atoms with van der Waals surface area (Å²) in [7, 11) is 0. The van der Waals surface area contributed by atoms with Crippen molar-refractivity contribution in [3.05, 3.63) is 47.3 Å². The molecule has 0 saturated heterocycles. The maximum atomic E-state index is 12.6. The molecule has 5 nitrogen and oxygen atoms in total. The molecule has 0 N–H and O–H groups in total. The number of nitrogens with zero attached hydrogens (tertiary/aromatic N) is 2. The van der Waals surface area contributed by atoms with E-state index in [0.29, 0.717) is 47.8 Å². The standard InChI is InChI=1S/C17H20N2O3S/c1-3-11-19-16(21)13-8-5-6-9-14(13)18-17(19)23-12-7-10-15(20)22-4-2/h3,5-6,8-9H,1,4,7,10-12H2,2H3.